The number of rotatable bonds is 9. The molecule has 1 heterocycles. The maximum Gasteiger partial charge on any atom is 0.252 e. The number of nitrogens with one attached hydrogen (secondary N) is 1. The molecule has 1 fully saturated rings. The Morgan fingerprint density at radius 2 is 1.71 bits per heavy atom. The molecule has 3 aromatic carbocycles. The van der Waals surface area contributed by atoms with Gasteiger partial charge < -0.3 is 10.1 Å². The second-order valence-electron chi connectivity index (χ2n) is 8.56. The van der Waals surface area contributed by atoms with E-state index in [0.29, 0.717) is 34.3 Å². The molecule has 3 amide bonds. The van der Waals surface area contributed by atoms with Crippen molar-refractivity contribution in [2.45, 2.75) is 37.8 Å². The minimum absolute atomic E-state index is 0.0987. The Bertz CT molecular complexity index is 1460. The summed E-state index contributed by atoms with van der Waals surface area (Å²) in [4.78, 5) is 38.9. The first-order chi connectivity index (χ1) is 18.1. The highest BCUT2D eigenvalue weighted by Crippen LogP contribution is 2.32. The maximum absolute atomic E-state index is 13.9. The third kappa shape index (κ3) is 5.72. The summed E-state index contributed by atoms with van der Waals surface area (Å²) in [5.74, 6) is -0.905. The van der Waals surface area contributed by atoms with Crippen LogP contribution in [-0.2, 0) is 31.0 Å². The predicted molar refractivity (Wildman–Crippen MR) is 143 cm³/mol. The Balaban J connectivity index is 1.71. The number of amides is 3. The first-order valence-electron chi connectivity index (χ1n) is 11.8. The third-order valence-electron chi connectivity index (χ3n) is 5.94. The van der Waals surface area contributed by atoms with Crippen LogP contribution in [0.2, 0.25) is 5.02 Å². The molecule has 1 aliphatic heterocycles. The number of sulfonamides is 1. The van der Waals surface area contributed by atoms with Gasteiger partial charge in [0, 0.05) is 24.2 Å². The van der Waals surface area contributed by atoms with Crippen molar-refractivity contribution in [1.29, 1.82) is 0 Å². The van der Waals surface area contributed by atoms with Gasteiger partial charge in [-0.25, -0.2) is 13.3 Å². The number of carbonyl (C=O) groups is 3. The molecule has 1 N–H and O–H groups in total. The number of benzene rings is 3. The third-order valence-corrected chi connectivity index (χ3v) is 8.18. The zero-order chi connectivity index (χ0) is 27.4. The molecule has 0 bridgehead atoms. The van der Waals surface area contributed by atoms with Crippen LogP contribution in [0.1, 0.15) is 25.8 Å². The average Bonchev–Trinajstić information content (AvgIpc) is 3.17. The van der Waals surface area contributed by atoms with Crippen molar-refractivity contribution < 1.29 is 27.5 Å². The summed E-state index contributed by atoms with van der Waals surface area (Å²) in [6, 6.07) is 17.4. The van der Waals surface area contributed by atoms with Crippen LogP contribution >= 0.6 is 11.6 Å². The lowest BCUT2D eigenvalue weighted by atomic mass is 10.2. The molecule has 0 aromatic heterocycles. The second-order valence-corrected chi connectivity index (χ2v) is 10.9. The number of halogens is 1. The van der Waals surface area contributed by atoms with Gasteiger partial charge in [-0.2, -0.15) is 4.31 Å². The van der Waals surface area contributed by atoms with Crippen molar-refractivity contribution in [3.63, 3.8) is 0 Å². The topological polar surface area (TPSA) is 113 Å². The molecule has 0 radical (unpaired) electrons. The van der Waals surface area contributed by atoms with E-state index in [9.17, 15) is 22.8 Å². The summed E-state index contributed by atoms with van der Waals surface area (Å²) in [6.45, 7) is 3.42. The molecular formula is C27H26ClN3O6S. The normalized spacial score (nSPS) is 15.7. The fourth-order valence-electron chi connectivity index (χ4n) is 4.18. The Labute approximate surface area is 226 Å². The van der Waals surface area contributed by atoms with Crippen LogP contribution in [0.25, 0.3) is 0 Å². The fraction of sp³-hybridized carbons (Fsp3) is 0.222. The number of imide groups is 1. The van der Waals surface area contributed by atoms with Gasteiger partial charge in [-0.05, 0) is 67.1 Å². The lowest BCUT2D eigenvalue weighted by Gasteiger charge is -2.27. The summed E-state index contributed by atoms with van der Waals surface area (Å²) < 4.78 is 34.2. The highest BCUT2D eigenvalue weighted by atomic mass is 35.5. The summed E-state index contributed by atoms with van der Waals surface area (Å²) in [5, 5.41) is 2.91. The van der Waals surface area contributed by atoms with Crippen LogP contribution in [0.15, 0.2) is 77.7 Å². The molecule has 11 heteroatoms. The van der Waals surface area contributed by atoms with E-state index in [1.807, 2.05) is 6.92 Å². The molecule has 198 valence electrons. The predicted octanol–water partition coefficient (Wildman–Crippen LogP) is 4.22. The van der Waals surface area contributed by atoms with Crippen LogP contribution in [0.5, 0.6) is 5.75 Å². The first kappa shape index (κ1) is 27.3. The van der Waals surface area contributed by atoms with Crippen molar-refractivity contribution in [2.75, 3.05) is 16.8 Å². The molecule has 3 aromatic rings. The van der Waals surface area contributed by atoms with Gasteiger partial charge in [-0.15, -0.1) is 0 Å². The molecule has 1 saturated heterocycles. The van der Waals surface area contributed by atoms with Gasteiger partial charge >= 0.3 is 0 Å². The molecule has 9 nitrogen and oxygen atoms in total. The lowest BCUT2D eigenvalue weighted by molar-refractivity contribution is -0.122. The van der Waals surface area contributed by atoms with E-state index in [1.54, 1.807) is 48.5 Å². The van der Waals surface area contributed by atoms with E-state index in [4.69, 9.17) is 16.3 Å². The van der Waals surface area contributed by atoms with Crippen LogP contribution in [-0.4, -0.2) is 43.1 Å². The molecule has 0 saturated carbocycles. The molecule has 1 unspecified atom stereocenters. The van der Waals surface area contributed by atoms with Crippen LogP contribution < -0.4 is 15.0 Å². The average molecular weight is 556 g/mol. The van der Waals surface area contributed by atoms with Gasteiger partial charge in [0.15, 0.2) is 0 Å². The van der Waals surface area contributed by atoms with E-state index >= 15 is 0 Å². The van der Waals surface area contributed by atoms with Gasteiger partial charge in [-0.1, -0.05) is 29.8 Å². The van der Waals surface area contributed by atoms with Gasteiger partial charge in [0.1, 0.15) is 11.8 Å². The highest BCUT2D eigenvalue weighted by Gasteiger charge is 2.47. The van der Waals surface area contributed by atoms with Crippen molar-refractivity contribution in [1.82, 2.24) is 4.31 Å². The van der Waals surface area contributed by atoms with Crippen molar-refractivity contribution in [3.8, 4) is 5.75 Å². The van der Waals surface area contributed by atoms with Crippen LogP contribution in [0.4, 0.5) is 11.4 Å². The molecule has 0 aliphatic carbocycles. The Morgan fingerprint density at radius 3 is 2.32 bits per heavy atom. The molecule has 38 heavy (non-hydrogen) atoms. The summed E-state index contributed by atoms with van der Waals surface area (Å²) in [5.41, 5.74) is 1.22. The van der Waals surface area contributed by atoms with Gasteiger partial charge in [-0.3, -0.25) is 14.4 Å². The van der Waals surface area contributed by atoms with Gasteiger partial charge in [0.2, 0.25) is 21.8 Å². The Hall–Kier alpha value is -3.73. The van der Waals surface area contributed by atoms with E-state index in [0.717, 1.165) is 9.21 Å². The number of hydrogen-bond acceptors (Lipinski definition) is 6. The number of hydrogen-bond donors (Lipinski definition) is 1. The van der Waals surface area contributed by atoms with E-state index in [1.165, 1.54) is 31.2 Å². The minimum atomic E-state index is -4.28. The van der Waals surface area contributed by atoms with Gasteiger partial charge in [0.05, 0.1) is 23.6 Å². The highest BCUT2D eigenvalue weighted by molar-refractivity contribution is 7.89. The first-order valence-corrected chi connectivity index (χ1v) is 13.7. The molecule has 4 rings (SSSR count). The van der Waals surface area contributed by atoms with E-state index < -0.39 is 27.9 Å². The van der Waals surface area contributed by atoms with E-state index in [-0.39, 0.29) is 23.8 Å². The standard InChI is InChI=1S/C27H26ClN3O6S/c1-3-37-22-12-10-21(11-13-22)31-26(33)16-25(27(31)34)30(17-19-6-4-5-7-24(19)28)38(35,36)23-14-8-20(9-15-23)29-18(2)32/h4-15,25H,3,16-17H2,1-2H3,(H,29,32). The summed E-state index contributed by atoms with van der Waals surface area (Å²) in [6.07, 6.45) is -0.334. The lowest BCUT2D eigenvalue weighted by Crippen LogP contribution is -2.45. The smallest absolute Gasteiger partial charge is 0.252 e. The second kappa shape index (κ2) is 11.3. The molecule has 1 atom stereocenters. The van der Waals surface area contributed by atoms with Crippen LogP contribution in [0, 0.1) is 0 Å². The largest absolute Gasteiger partial charge is 0.494 e. The number of nitrogens with zero attached hydrogens (tertiary/aromatic N) is 2. The SMILES string of the molecule is CCOc1ccc(N2C(=O)CC(N(Cc3ccccc3Cl)S(=O)(=O)c3ccc(NC(C)=O)cc3)C2=O)cc1. The Kier molecular flexibility index (Phi) is 8.15. The minimum Gasteiger partial charge on any atom is -0.494 e. The quantitative estimate of drug-likeness (QED) is 0.396. The number of ether oxygens (including phenoxy) is 1. The van der Waals surface area contributed by atoms with Gasteiger partial charge in [0.25, 0.3) is 5.91 Å². The van der Waals surface area contributed by atoms with Crippen molar-refractivity contribution in [3.05, 3.63) is 83.4 Å². The molecule has 1 aliphatic rings. The summed E-state index contributed by atoms with van der Waals surface area (Å²) >= 11 is 6.33. The summed E-state index contributed by atoms with van der Waals surface area (Å²) in [7, 11) is -4.28. The fourth-order valence-corrected chi connectivity index (χ4v) is 5.93. The molecular weight excluding hydrogens is 530 g/mol. The monoisotopic (exact) mass is 555 g/mol. The van der Waals surface area contributed by atoms with Crippen LogP contribution in [0.3, 0.4) is 0 Å². The molecule has 0 spiro atoms. The van der Waals surface area contributed by atoms with Crippen molar-refractivity contribution >= 4 is 50.7 Å². The van der Waals surface area contributed by atoms with Crippen molar-refractivity contribution in [2.24, 2.45) is 0 Å². The zero-order valence-electron chi connectivity index (χ0n) is 20.8. The zero-order valence-corrected chi connectivity index (χ0v) is 22.3. The Morgan fingerprint density at radius 1 is 1.05 bits per heavy atom. The maximum atomic E-state index is 13.9. The number of anilines is 2. The number of carbonyl (C=O) groups excluding carboxylic acids is 3. The van der Waals surface area contributed by atoms with E-state index in [2.05, 4.69) is 5.32 Å².